The van der Waals surface area contributed by atoms with Crippen LogP contribution < -0.4 is 10.6 Å². The first-order chi connectivity index (χ1) is 14.0. The van der Waals surface area contributed by atoms with E-state index in [4.69, 9.17) is 4.42 Å². The Bertz CT molecular complexity index is 1130. The van der Waals surface area contributed by atoms with Gasteiger partial charge in [-0.15, -0.1) is 11.3 Å². The average molecular weight is 409 g/mol. The monoisotopic (exact) mass is 409 g/mol. The van der Waals surface area contributed by atoms with Crippen molar-refractivity contribution < 1.29 is 14.1 Å². The van der Waals surface area contributed by atoms with Gasteiger partial charge in [0.2, 0.25) is 0 Å². The summed E-state index contributed by atoms with van der Waals surface area (Å²) < 4.78 is 5.93. The van der Waals surface area contributed by atoms with Crippen LogP contribution in [0.5, 0.6) is 0 Å². The Labute approximate surface area is 170 Å². The molecule has 0 unspecified atom stereocenters. The molecule has 0 fully saturated rings. The molecule has 7 nitrogen and oxygen atoms in total. The molecule has 0 radical (unpaired) electrons. The number of fused-ring (bicyclic) bond motifs is 3. The van der Waals surface area contributed by atoms with Gasteiger partial charge in [-0.25, -0.2) is 0 Å². The fraction of sp³-hybridized carbons (Fsp3) is 0.286. The van der Waals surface area contributed by atoms with Crippen LogP contribution in [0.4, 0.5) is 10.7 Å². The topological polar surface area (TPSA) is 97.4 Å². The molecule has 29 heavy (non-hydrogen) atoms. The zero-order valence-electron chi connectivity index (χ0n) is 15.7. The molecule has 1 aromatic carbocycles. The van der Waals surface area contributed by atoms with Crippen molar-refractivity contribution in [1.82, 2.24) is 5.32 Å². The summed E-state index contributed by atoms with van der Waals surface area (Å²) in [7, 11) is 0. The quantitative estimate of drug-likeness (QED) is 0.474. The molecule has 1 aliphatic heterocycles. The molecule has 3 heterocycles. The number of nitrogens with zero attached hydrogens (tertiary/aromatic N) is 1. The summed E-state index contributed by atoms with van der Waals surface area (Å²) in [4.78, 5) is 24.7. The number of nitro benzene ring substituents is 1. The van der Waals surface area contributed by atoms with Crippen molar-refractivity contribution >= 4 is 27.9 Å². The lowest BCUT2D eigenvalue weighted by atomic mass is 9.88. The van der Waals surface area contributed by atoms with E-state index in [1.807, 2.05) is 0 Å². The molecule has 2 aliphatic rings. The number of carbonyl (C=O) groups is 1. The van der Waals surface area contributed by atoms with E-state index in [-0.39, 0.29) is 11.6 Å². The smallest absolute Gasteiger partial charge is 0.270 e. The lowest BCUT2D eigenvalue weighted by Crippen LogP contribution is -2.38. The Morgan fingerprint density at radius 1 is 1.24 bits per heavy atom. The second-order valence-electron chi connectivity index (χ2n) is 7.62. The number of amides is 1. The van der Waals surface area contributed by atoms with E-state index >= 15 is 0 Å². The van der Waals surface area contributed by atoms with Gasteiger partial charge in [-0.1, -0.05) is 19.1 Å². The number of nitro groups is 1. The fourth-order valence-electron chi connectivity index (χ4n) is 4.04. The van der Waals surface area contributed by atoms with E-state index in [0.717, 1.165) is 29.8 Å². The third-order valence-corrected chi connectivity index (χ3v) is 6.73. The first-order valence-electron chi connectivity index (χ1n) is 9.56. The number of rotatable bonds is 3. The number of non-ortho nitro benzene ring substituents is 1. The molecule has 0 spiro atoms. The van der Waals surface area contributed by atoms with E-state index < -0.39 is 11.1 Å². The Hall–Kier alpha value is -3.13. The van der Waals surface area contributed by atoms with E-state index in [2.05, 4.69) is 17.6 Å². The lowest BCUT2D eigenvalue weighted by Gasteiger charge is -2.25. The Balaban J connectivity index is 1.43. The third-order valence-electron chi connectivity index (χ3n) is 5.54. The molecule has 0 saturated carbocycles. The van der Waals surface area contributed by atoms with E-state index in [1.165, 1.54) is 22.6 Å². The minimum atomic E-state index is -0.472. The van der Waals surface area contributed by atoms with Crippen LogP contribution in [0.15, 0.2) is 40.8 Å². The van der Waals surface area contributed by atoms with Gasteiger partial charge < -0.3 is 15.1 Å². The van der Waals surface area contributed by atoms with Crippen molar-refractivity contribution in [2.75, 3.05) is 5.32 Å². The maximum Gasteiger partial charge on any atom is 0.270 e. The summed E-state index contributed by atoms with van der Waals surface area (Å²) in [6, 6.07) is 9.85. The molecule has 8 heteroatoms. The first-order valence-corrected chi connectivity index (χ1v) is 10.4. The number of hydrogen-bond acceptors (Lipinski definition) is 6. The van der Waals surface area contributed by atoms with Gasteiger partial charge in [-0.3, -0.25) is 14.9 Å². The SMILES string of the molecule is C[C@@H]1CCc2c(sc3c2C(=O)N[C@@H](c2ccc(-c4cccc([N+](=O)[O-])c4)o2)N3)C1. The van der Waals surface area contributed by atoms with E-state index in [9.17, 15) is 14.9 Å². The second kappa shape index (κ2) is 6.73. The van der Waals surface area contributed by atoms with Crippen molar-refractivity contribution in [3.8, 4) is 11.3 Å². The molecule has 148 valence electrons. The minimum absolute atomic E-state index is 0.00702. The molecular weight excluding hydrogens is 390 g/mol. The van der Waals surface area contributed by atoms with Crippen LogP contribution in [-0.2, 0) is 12.8 Å². The van der Waals surface area contributed by atoms with Crippen LogP contribution in [0.2, 0.25) is 0 Å². The molecule has 0 bridgehead atoms. The number of thiophene rings is 1. The van der Waals surface area contributed by atoms with Crippen molar-refractivity contribution in [3.05, 3.63) is 68.3 Å². The normalized spacial score (nSPS) is 20.4. The van der Waals surface area contributed by atoms with Crippen molar-refractivity contribution in [3.63, 3.8) is 0 Å². The highest BCUT2D eigenvalue weighted by Crippen LogP contribution is 2.43. The van der Waals surface area contributed by atoms with Crippen LogP contribution in [0.1, 0.15) is 46.1 Å². The number of benzene rings is 1. The molecular formula is C21H19N3O4S. The molecule has 0 saturated heterocycles. The molecule has 2 atom stereocenters. The zero-order chi connectivity index (χ0) is 20.1. The number of hydrogen-bond donors (Lipinski definition) is 2. The third kappa shape index (κ3) is 3.09. The number of anilines is 1. The van der Waals surface area contributed by atoms with E-state index in [0.29, 0.717) is 23.0 Å². The van der Waals surface area contributed by atoms with Gasteiger partial charge in [0, 0.05) is 22.6 Å². The average Bonchev–Trinajstić information content (AvgIpc) is 3.32. The fourth-order valence-corrected chi connectivity index (χ4v) is 5.48. The summed E-state index contributed by atoms with van der Waals surface area (Å²) in [5.74, 6) is 1.64. The lowest BCUT2D eigenvalue weighted by molar-refractivity contribution is -0.384. The zero-order valence-corrected chi connectivity index (χ0v) is 16.5. The Morgan fingerprint density at radius 3 is 2.93 bits per heavy atom. The Kier molecular flexibility index (Phi) is 4.16. The highest BCUT2D eigenvalue weighted by Gasteiger charge is 2.34. The highest BCUT2D eigenvalue weighted by atomic mass is 32.1. The molecule has 2 aromatic heterocycles. The maximum atomic E-state index is 12.8. The van der Waals surface area contributed by atoms with Crippen molar-refractivity contribution in [2.24, 2.45) is 5.92 Å². The van der Waals surface area contributed by atoms with Gasteiger partial charge in [0.05, 0.1) is 10.5 Å². The molecule has 1 aliphatic carbocycles. The number of nitrogens with one attached hydrogen (secondary N) is 2. The van der Waals surface area contributed by atoms with Crippen molar-refractivity contribution in [1.29, 1.82) is 0 Å². The predicted molar refractivity (Wildman–Crippen MR) is 110 cm³/mol. The first kappa shape index (κ1) is 17.9. The summed E-state index contributed by atoms with van der Waals surface area (Å²) in [6.07, 6.45) is 2.60. The predicted octanol–water partition coefficient (Wildman–Crippen LogP) is 4.90. The Morgan fingerprint density at radius 2 is 2.10 bits per heavy atom. The second-order valence-corrected chi connectivity index (χ2v) is 8.72. The van der Waals surface area contributed by atoms with Gasteiger partial charge in [0.25, 0.3) is 11.6 Å². The standard InChI is InChI=1S/C21H19N3O4S/c1-11-5-6-14-17(9-11)29-21-18(14)20(25)22-19(23-21)16-8-7-15(28-16)12-3-2-4-13(10-12)24(26)27/h2-4,7-8,10-11,19,23H,5-6,9H2,1H3,(H,22,25)/t11-,19-/m1/s1. The van der Waals surface area contributed by atoms with Crippen LogP contribution in [0.3, 0.4) is 0 Å². The molecule has 1 amide bonds. The summed E-state index contributed by atoms with van der Waals surface area (Å²) >= 11 is 1.66. The van der Waals surface area contributed by atoms with Crippen molar-refractivity contribution in [2.45, 2.75) is 32.4 Å². The minimum Gasteiger partial charge on any atom is -0.457 e. The van der Waals surface area contributed by atoms with Gasteiger partial charge in [-0.2, -0.15) is 0 Å². The van der Waals surface area contributed by atoms with Crippen LogP contribution >= 0.6 is 11.3 Å². The summed E-state index contributed by atoms with van der Waals surface area (Å²) in [6.45, 7) is 2.25. The molecule has 2 N–H and O–H groups in total. The van der Waals surface area contributed by atoms with Crippen LogP contribution in [0, 0.1) is 16.0 Å². The molecule has 3 aromatic rings. The number of furan rings is 1. The van der Waals surface area contributed by atoms with Gasteiger partial charge in [0.1, 0.15) is 16.5 Å². The molecule has 5 rings (SSSR count). The van der Waals surface area contributed by atoms with E-state index in [1.54, 1.807) is 35.6 Å². The number of carbonyl (C=O) groups excluding carboxylic acids is 1. The van der Waals surface area contributed by atoms with Crippen LogP contribution in [0.25, 0.3) is 11.3 Å². The van der Waals surface area contributed by atoms with Gasteiger partial charge >= 0.3 is 0 Å². The summed E-state index contributed by atoms with van der Waals surface area (Å²) in [5, 5.41) is 18.3. The summed E-state index contributed by atoms with van der Waals surface area (Å²) in [5.41, 5.74) is 2.59. The highest BCUT2D eigenvalue weighted by molar-refractivity contribution is 7.16. The van der Waals surface area contributed by atoms with Crippen LogP contribution in [-0.4, -0.2) is 10.8 Å². The van der Waals surface area contributed by atoms with Gasteiger partial charge in [0.15, 0.2) is 6.17 Å². The largest absolute Gasteiger partial charge is 0.457 e. The maximum absolute atomic E-state index is 12.8. The van der Waals surface area contributed by atoms with Gasteiger partial charge in [-0.05, 0) is 42.9 Å².